The standard InChI is InChI=1S/C10H14S/c1-7(2)9-6-11-10-5-3-4-8(9)10/h6-7H,3-5H2,1-2H3. The van der Waals surface area contributed by atoms with Gasteiger partial charge in [0.25, 0.3) is 0 Å². The monoisotopic (exact) mass is 166 g/mol. The summed E-state index contributed by atoms with van der Waals surface area (Å²) in [5.74, 6) is 0.730. The molecule has 60 valence electrons. The zero-order valence-corrected chi connectivity index (χ0v) is 8.00. The van der Waals surface area contributed by atoms with Crippen molar-refractivity contribution in [2.45, 2.75) is 39.0 Å². The molecular weight excluding hydrogens is 152 g/mol. The molecule has 0 fully saturated rings. The third kappa shape index (κ3) is 1.12. The maximum Gasteiger partial charge on any atom is 0.00802 e. The minimum absolute atomic E-state index is 0.730. The molecule has 0 amide bonds. The predicted octanol–water partition coefficient (Wildman–Crippen LogP) is 3.36. The fraction of sp³-hybridized carbons (Fsp3) is 0.600. The van der Waals surface area contributed by atoms with E-state index in [-0.39, 0.29) is 0 Å². The zero-order chi connectivity index (χ0) is 7.84. The average molecular weight is 166 g/mol. The van der Waals surface area contributed by atoms with Crippen molar-refractivity contribution in [2.24, 2.45) is 0 Å². The molecule has 0 nitrogen and oxygen atoms in total. The van der Waals surface area contributed by atoms with Gasteiger partial charge in [-0.15, -0.1) is 11.3 Å². The van der Waals surface area contributed by atoms with Crippen molar-refractivity contribution in [3.05, 3.63) is 21.4 Å². The van der Waals surface area contributed by atoms with Gasteiger partial charge in [-0.1, -0.05) is 13.8 Å². The van der Waals surface area contributed by atoms with Crippen LogP contribution in [0.3, 0.4) is 0 Å². The van der Waals surface area contributed by atoms with E-state index in [0.29, 0.717) is 0 Å². The first-order valence-corrected chi connectivity index (χ1v) is 5.26. The van der Waals surface area contributed by atoms with E-state index in [1.807, 2.05) is 11.3 Å². The fourth-order valence-electron chi connectivity index (χ4n) is 1.84. The minimum Gasteiger partial charge on any atom is -0.148 e. The lowest BCUT2D eigenvalue weighted by atomic mass is 10.0. The van der Waals surface area contributed by atoms with Gasteiger partial charge in [0.2, 0.25) is 0 Å². The highest BCUT2D eigenvalue weighted by molar-refractivity contribution is 7.10. The van der Waals surface area contributed by atoms with Crippen molar-refractivity contribution in [2.75, 3.05) is 0 Å². The third-order valence-corrected chi connectivity index (χ3v) is 3.57. The first kappa shape index (κ1) is 7.35. The lowest BCUT2D eigenvalue weighted by Crippen LogP contribution is -1.88. The molecule has 0 unspecified atom stereocenters. The Hall–Kier alpha value is -0.300. The van der Waals surface area contributed by atoms with Gasteiger partial charge >= 0.3 is 0 Å². The number of rotatable bonds is 1. The molecule has 0 N–H and O–H groups in total. The predicted molar refractivity (Wildman–Crippen MR) is 50.4 cm³/mol. The molecule has 0 radical (unpaired) electrons. The molecule has 0 aliphatic heterocycles. The Labute approximate surface area is 72.3 Å². The van der Waals surface area contributed by atoms with E-state index >= 15 is 0 Å². The van der Waals surface area contributed by atoms with Gasteiger partial charge in [0.05, 0.1) is 0 Å². The van der Waals surface area contributed by atoms with Crippen molar-refractivity contribution in [1.82, 2.24) is 0 Å². The molecule has 11 heavy (non-hydrogen) atoms. The molecule has 0 spiro atoms. The Bertz CT molecular complexity index is 258. The lowest BCUT2D eigenvalue weighted by molar-refractivity contribution is 0.841. The molecule has 1 aliphatic rings. The second-order valence-electron chi connectivity index (χ2n) is 3.60. The third-order valence-electron chi connectivity index (χ3n) is 2.47. The largest absolute Gasteiger partial charge is 0.148 e. The first-order chi connectivity index (χ1) is 5.29. The maximum atomic E-state index is 2.36. The van der Waals surface area contributed by atoms with Gasteiger partial charge in [0, 0.05) is 4.88 Å². The van der Waals surface area contributed by atoms with E-state index in [1.165, 1.54) is 19.3 Å². The summed E-state index contributed by atoms with van der Waals surface area (Å²) in [5.41, 5.74) is 3.30. The van der Waals surface area contributed by atoms with Gasteiger partial charge in [-0.25, -0.2) is 0 Å². The van der Waals surface area contributed by atoms with Gasteiger partial charge in [-0.3, -0.25) is 0 Å². The molecule has 1 aliphatic carbocycles. The van der Waals surface area contributed by atoms with Crippen LogP contribution in [-0.2, 0) is 12.8 Å². The molecule has 0 saturated carbocycles. The van der Waals surface area contributed by atoms with Gasteiger partial charge in [0.15, 0.2) is 0 Å². The quantitative estimate of drug-likeness (QED) is 0.600. The van der Waals surface area contributed by atoms with Crippen LogP contribution in [0.2, 0.25) is 0 Å². The van der Waals surface area contributed by atoms with E-state index in [1.54, 1.807) is 16.0 Å². The summed E-state index contributed by atoms with van der Waals surface area (Å²) < 4.78 is 0. The first-order valence-electron chi connectivity index (χ1n) is 4.38. The van der Waals surface area contributed by atoms with Crippen LogP contribution in [0.4, 0.5) is 0 Å². The van der Waals surface area contributed by atoms with Crippen LogP contribution < -0.4 is 0 Å². The van der Waals surface area contributed by atoms with Gasteiger partial charge in [-0.2, -0.15) is 0 Å². The Morgan fingerprint density at radius 3 is 2.91 bits per heavy atom. The number of hydrogen-bond donors (Lipinski definition) is 0. The average Bonchev–Trinajstić information content (AvgIpc) is 2.41. The Morgan fingerprint density at radius 2 is 2.18 bits per heavy atom. The molecule has 1 aromatic rings. The van der Waals surface area contributed by atoms with Crippen LogP contribution in [0.15, 0.2) is 5.38 Å². The van der Waals surface area contributed by atoms with Crippen LogP contribution in [0.25, 0.3) is 0 Å². The SMILES string of the molecule is CC(C)c1csc2c1CCC2. The van der Waals surface area contributed by atoms with E-state index in [2.05, 4.69) is 19.2 Å². The second kappa shape index (κ2) is 2.63. The topological polar surface area (TPSA) is 0 Å². The van der Waals surface area contributed by atoms with E-state index in [0.717, 1.165) is 5.92 Å². The van der Waals surface area contributed by atoms with Crippen LogP contribution in [0.5, 0.6) is 0 Å². The second-order valence-corrected chi connectivity index (χ2v) is 4.57. The van der Waals surface area contributed by atoms with Crippen molar-refractivity contribution in [3.8, 4) is 0 Å². The molecule has 1 heterocycles. The Balaban J connectivity index is 2.42. The van der Waals surface area contributed by atoms with Crippen molar-refractivity contribution in [3.63, 3.8) is 0 Å². The summed E-state index contributed by atoms with van der Waals surface area (Å²) in [4.78, 5) is 1.66. The van der Waals surface area contributed by atoms with Gasteiger partial charge < -0.3 is 0 Å². The molecular formula is C10H14S. The van der Waals surface area contributed by atoms with Gasteiger partial charge in [-0.05, 0) is 41.7 Å². The maximum absolute atomic E-state index is 2.36. The number of fused-ring (bicyclic) bond motifs is 1. The summed E-state index contributed by atoms with van der Waals surface area (Å²) >= 11 is 1.97. The number of thiophene rings is 1. The van der Waals surface area contributed by atoms with E-state index in [9.17, 15) is 0 Å². The van der Waals surface area contributed by atoms with Crippen LogP contribution >= 0.6 is 11.3 Å². The molecule has 0 saturated heterocycles. The van der Waals surface area contributed by atoms with Crippen LogP contribution in [-0.4, -0.2) is 0 Å². The summed E-state index contributed by atoms with van der Waals surface area (Å²) in [6, 6.07) is 0. The lowest BCUT2D eigenvalue weighted by Gasteiger charge is -2.03. The van der Waals surface area contributed by atoms with Crippen molar-refractivity contribution < 1.29 is 0 Å². The highest BCUT2D eigenvalue weighted by Crippen LogP contribution is 2.34. The minimum atomic E-state index is 0.730. The highest BCUT2D eigenvalue weighted by Gasteiger charge is 2.17. The summed E-state index contributed by atoms with van der Waals surface area (Å²) in [6.45, 7) is 4.58. The Morgan fingerprint density at radius 1 is 1.36 bits per heavy atom. The number of aryl methyl sites for hydroxylation is 1. The smallest absolute Gasteiger partial charge is 0.00802 e. The van der Waals surface area contributed by atoms with E-state index < -0.39 is 0 Å². The molecule has 2 rings (SSSR count). The van der Waals surface area contributed by atoms with E-state index in [4.69, 9.17) is 0 Å². The van der Waals surface area contributed by atoms with Crippen LogP contribution in [0.1, 0.15) is 42.2 Å². The fourth-order valence-corrected chi connectivity index (χ4v) is 3.15. The number of hydrogen-bond acceptors (Lipinski definition) is 1. The normalized spacial score (nSPS) is 15.9. The highest BCUT2D eigenvalue weighted by atomic mass is 32.1. The molecule has 1 heteroatoms. The van der Waals surface area contributed by atoms with Crippen molar-refractivity contribution >= 4 is 11.3 Å². The van der Waals surface area contributed by atoms with Crippen molar-refractivity contribution in [1.29, 1.82) is 0 Å². The molecule has 0 aromatic carbocycles. The Kier molecular flexibility index (Phi) is 1.76. The summed E-state index contributed by atoms with van der Waals surface area (Å²) in [7, 11) is 0. The molecule has 0 atom stereocenters. The summed E-state index contributed by atoms with van der Waals surface area (Å²) in [6.07, 6.45) is 4.07. The molecule has 1 aromatic heterocycles. The summed E-state index contributed by atoms with van der Waals surface area (Å²) in [5, 5.41) is 2.36. The zero-order valence-electron chi connectivity index (χ0n) is 7.18. The molecule has 0 bridgehead atoms. The van der Waals surface area contributed by atoms with Gasteiger partial charge in [0.1, 0.15) is 0 Å². The van der Waals surface area contributed by atoms with Crippen LogP contribution in [0, 0.1) is 0 Å².